The van der Waals surface area contributed by atoms with Crippen LogP contribution in [0.15, 0.2) is 12.3 Å². The largest absolute Gasteiger partial charge is 0.379 e. The molecule has 31 heavy (non-hydrogen) atoms. The molecule has 2 aliphatic carbocycles. The van der Waals surface area contributed by atoms with Crippen molar-refractivity contribution in [2.45, 2.75) is 70.4 Å². The molecule has 2 aromatic rings. The summed E-state index contributed by atoms with van der Waals surface area (Å²) in [7, 11) is 1.83. The zero-order chi connectivity index (χ0) is 21.4. The van der Waals surface area contributed by atoms with Crippen LogP contribution in [0.2, 0.25) is 0 Å². The molecule has 8 heteroatoms. The summed E-state index contributed by atoms with van der Waals surface area (Å²) in [5.74, 6) is 3.27. The smallest absolute Gasteiger partial charge is 0.222 e. The summed E-state index contributed by atoms with van der Waals surface area (Å²) in [4.78, 5) is 11.1. The van der Waals surface area contributed by atoms with Gasteiger partial charge in [0.1, 0.15) is 5.82 Å². The molecule has 3 aliphatic rings. The van der Waals surface area contributed by atoms with E-state index < -0.39 is 0 Å². The number of fused-ring (bicyclic) bond motifs is 1. The van der Waals surface area contributed by atoms with Crippen LogP contribution in [0.4, 0.5) is 11.8 Å². The van der Waals surface area contributed by atoms with Crippen LogP contribution in [0.3, 0.4) is 0 Å². The molecule has 168 valence electrons. The Labute approximate surface area is 184 Å². The van der Waals surface area contributed by atoms with Gasteiger partial charge < -0.3 is 15.4 Å². The van der Waals surface area contributed by atoms with Gasteiger partial charge >= 0.3 is 0 Å². The number of nitrogens with two attached hydrogens (primary N) is 1. The SMILES string of the molecule is CO[C@@H]1C[C@H]2CN(c3cc(C)nc(N)n3)C[C@H]2C[C@H]1n1cc(CC2CCCCC2)nn1. The summed E-state index contributed by atoms with van der Waals surface area (Å²) in [6, 6.07) is 2.28. The molecule has 5 rings (SSSR count). The lowest BCUT2D eigenvalue weighted by atomic mass is 9.77. The quantitative estimate of drug-likeness (QED) is 0.786. The van der Waals surface area contributed by atoms with E-state index in [2.05, 4.69) is 36.1 Å². The number of hydrogen-bond acceptors (Lipinski definition) is 7. The van der Waals surface area contributed by atoms with Crippen LogP contribution >= 0.6 is 0 Å². The maximum absolute atomic E-state index is 5.95. The number of nitrogen functional groups attached to an aromatic ring is 1. The van der Waals surface area contributed by atoms with E-state index in [9.17, 15) is 0 Å². The van der Waals surface area contributed by atoms with Crippen molar-refractivity contribution in [1.29, 1.82) is 0 Å². The van der Waals surface area contributed by atoms with Crippen LogP contribution in [-0.2, 0) is 11.2 Å². The molecule has 3 heterocycles. The van der Waals surface area contributed by atoms with Gasteiger partial charge in [-0.05, 0) is 43.9 Å². The van der Waals surface area contributed by atoms with Gasteiger partial charge in [0.25, 0.3) is 0 Å². The molecule has 0 spiro atoms. The van der Waals surface area contributed by atoms with Crippen LogP contribution < -0.4 is 10.6 Å². The molecule has 0 aromatic carbocycles. The van der Waals surface area contributed by atoms with Crippen molar-refractivity contribution in [2.24, 2.45) is 17.8 Å². The van der Waals surface area contributed by atoms with E-state index in [0.29, 0.717) is 17.8 Å². The van der Waals surface area contributed by atoms with Crippen molar-refractivity contribution >= 4 is 11.8 Å². The summed E-state index contributed by atoms with van der Waals surface area (Å²) in [5.41, 5.74) is 7.95. The molecule has 3 fully saturated rings. The van der Waals surface area contributed by atoms with E-state index in [4.69, 9.17) is 10.5 Å². The van der Waals surface area contributed by atoms with Crippen LogP contribution in [-0.4, -0.2) is 51.3 Å². The highest BCUT2D eigenvalue weighted by atomic mass is 16.5. The number of hydrogen-bond donors (Lipinski definition) is 1. The highest BCUT2D eigenvalue weighted by Gasteiger charge is 2.44. The molecule has 2 aromatic heterocycles. The van der Waals surface area contributed by atoms with E-state index in [1.54, 1.807) is 0 Å². The van der Waals surface area contributed by atoms with Crippen LogP contribution in [0.1, 0.15) is 62.4 Å². The molecule has 0 unspecified atom stereocenters. The van der Waals surface area contributed by atoms with Crippen LogP contribution in [0, 0.1) is 24.7 Å². The minimum absolute atomic E-state index is 0.169. The maximum atomic E-state index is 5.95. The van der Waals surface area contributed by atoms with Gasteiger partial charge in [-0.1, -0.05) is 37.3 Å². The fourth-order valence-corrected chi connectivity index (χ4v) is 6.10. The monoisotopic (exact) mass is 425 g/mol. The van der Waals surface area contributed by atoms with Crippen molar-refractivity contribution in [2.75, 3.05) is 30.8 Å². The molecule has 0 bridgehead atoms. The molecular weight excluding hydrogens is 390 g/mol. The van der Waals surface area contributed by atoms with Gasteiger partial charge in [0.05, 0.1) is 17.8 Å². The van der Waals surface area contributed by atoms with Crippen molar-refractivity contribution in [3.63, 3.8) is 0 Å². The lowest BCUT2D eigenvalue weighted by molar-refractivity contribution is -0.00542. The Morgan fingerprint density at radius 3 is 2.61 bits per heavy atom. The molecule has 8 nitrogen and oxygen atoms in total. The molecular formula is C23H35N7O. The Kier molecular flexibility index (Phi) is 5.82. The van der Waals surface area contributed by atoms with E-state index in [-0.39, 0.29) is 12.1 Å². The average Bonchev–Trinajstić information content (AvgIpc) is 3.39. The van der Waals surface area contributed by atoms with Gasteiger partial charge in [-0.25, -0.2) is 9.67 Å². The highest BCUT2D eigenvalue weighted by molar-refractivity contribution is 5.44. The van der Waals surface area contributed by atoms with Crippen LogP contribution in [0.5, 0.6) is 0 Å². The van der Waals surface area contributed by atoms with Crippen molar-refractivity contribution in [3.05, 3.63) is 23.7 Å². The Bertz CT molecular complexity index is 874. The van der Waals surface area contributed by atoms with Gasteiger partial charge in [-0.2, -0.15) is 4.98 Å². The molecule has 1 saturated heterocycles. The molecule has 1 aliphatic heterocycles. The summed E-state index contributed by atoms with van der Waals surface area (Å²) in [6.07, 6.45) is 12.3. The van der Waals surface area contributed by atoms with E-state index in [1.165, 1.54) is 32.1 Å². The Morgan fingerprint density at radius 1 is 1.10 bits per heavy atom. The summed E-state index contributed by atoms with van der Waals surface area (Å²) >= 11 is 0. The first kappa shape index (κ1) is 20.7. The van der Waals surface area contributed by atoms with E-state index in [1.807, 2.05) is 20.1 Å². The summed E-state index contributed by atoms with van der Waals surface area (Å²) < 4.78 is 8.05. The van der Waals surface area contributed by atoms with E-state index >= 15 is 0 Å². The van der Waals surface area contributed by atoms with Crippen molar-refractivity contribution in [3.8, 4) is 0 Å². The predicted molar refractivity (Wildman–Crippen MR) is 120 cm³/mol. The van der Waals surface area contributed by atoms with Gasteiger partial charge in [0.2, 0.25) is 5.95 Å². The Morgan fingerprint density at radius 2 is 1.87 bits per heavy atom. The number of anilines is 2. The fraction of sp³-hybridized carbons (Fsp3) is 0.739. The number of nitrogens with zero attached hydrogens (tertiary/aromatic N) is 6. The predicted octanol–water partition coefficient (Wildman–Crippen LogP) is 3.18. The van der Waals surface area contributed by atoms with Crippen molar-refractivity contribution < 1.29 is 4.74 Å². The second kappa shape index (κ2) is 8.73. The van der Waals surface area contributed by atoms with Gasteiger partial charge in [-0.15, -0.1) is 5.10 Å². The number of rotatable bonds is 5. The molecule has 0 amide bonds. The van der Waals surface area contributed by atoms with Gasteiger partial charge in [0, 0.05) is 38.2 Å². The van der Waals surface area contributed by atoms with Crippen LogP contribution in [0.25, 0.3) is 0 Å². The molecule has 0 radical (unpaired) electrons. The van der Waals surface area contributed by atoms with Crippen molar-refractivity contribution in [1.82, 2.24) is 25.0 Å². The second-order valence-electron chi connectivity index (χ2n) is 9.86. The average molecular weight is 426 g/mol. The lowest BCUT2D eigenvalue weighted by Gasteiger charge is -2.36. The summed E-state index contributed by atoms with van der Waals surface area (Å²) in [6.45, 7) is 3.96. The first-order valence-corrected chi connectivity index (χ1v) is 11.9. The third-order valence-electron chi connectivity index (χ3n) is 7.69. The zero-order valence-corrected chi connectivity index (χ0v) is 18.8. The molecule has 4 atom stereocenters. The Balaban J connectivity index is 1.28. The summed E-state index contributed by atoms with van der Waals surface area (Å²) in [5, 5.41) is 9.09. The first-order valence-electron chi connectivity index (χ1n) is 11.9. The number of aromatic nitrogens is 5. The topological polar surface area (TPSA) is 95.0 Å². The van der Waals surface area contributed by atoms with Gasteiger partial charge in [0.15, 0.2) is 0 Å². The Hall–Kier alpha value is -2.22. The van der Waals surface area contributed by atoms with E-state index in [0.717, 1.165) is 55.5 Å². The number of methoxy groups -OCH3 is 1. The zero-order valence-electron chi connectivity index (χ0n) is 18.8. The molecule has 2 N–H and O–H groups in total. The highest BCUT2D eigenvalue weighted by Crippen LogP contribution is 2.43. The number of ether oxygens (including phenoxy) is 1. The minimum atomic E-state index is 0.169. The van der Waals surface area contributed by atoms with Gasteiger partial charge in [-0.3, -0.25) is 0 Å². The maximum Gasteiger partial charge on any atom is 0.222 e. The number of aryl methyl sites for hydroxylation is 1. The normalized spacial score (nSPS) is 29.3. The third-order valence-corrected chi connectivity index (χ3v) is 7.69. The molecule has 2 saturated carbocycles. The fourth-order valence-electron chi connectivity index (χ4n) is 6.10. The minimum Gasteiger partial charge on any atom is -0.379 e. The standard InChI is InChI=1S/C23H35N7O/c1-15-8-22(26-23(24)25-15)29-12-17-10-20(21(31-2)11-18(17)13-29)30-14-19(27-28-30)9-16-6-4-3-5-7-16/h8,14,16-18,20-21H,3-7,9-13H2,1-2H3,(H2,24,25,26)/t17-,18+,20-,21-/m1/s1. The third kappa shape index (κ3) is 4.40. The lowest BCUT2D eigenvalue weighted by Crippen LogP contribution is -2.37. The second-order valence-corrected chi connectivity index (χ2v) is 9.86. The first-order chi connectivity index (χ1) is 15.1.